The Morgan fingerprint density at radius 2 is 1.69 bits per heavy atom. The van der Waals surface area contributed by atoms with E-state index in [1.807, 2.05) is 6.92 Å². The maximum absolute atomic E-state index is 12.1. The zero-order chi connectivity index (χ0) is 18.9. The lowest BCUT2D eigenvalue weighted by Crippen LogP contribution is -2.30. The van der Waals surface area contributed by atoms with Crippen molar-refractivity contribution in [2.75, 3.05) is 17.2 Å². The lowest BCUT2D eigenvalue weighted by molar-refractivity contribution is -0.133. The number of carbonyl (C=O) groups is 3. The number of para-hydroxylation sites is 1. The number of nitrogens with zero attached hydrogens (tertiary/aromatic N) is 1. The highest BCUT2D eigenvalue weighted by Gasteiger charge is 2.19. The molecule has 1 aromatic carbocycles. The van der Waals surface area contributed by atoms with Gasteiger partial charge < -0.3 is 15.4 Å². The van der Waals surface area contributed by atoms with Gasteiger partial charge in [0.1, 0.15) is 0 Å². The van der Waals surface area contributed by atoms with Gasteiger partial charge in [-0.1, -0.05) is 37.1 Å². The SMILES string of the molecule is CCCCOC(=O)c1ccccc1NC(=O)C(=O)Nc1cccnc1Cl. The van der Waals surface area contributed by atoms with Crippen LogP contribution in [0, 0.1) is 0 Å². The molecule has 0 atom stereocenters. The van der Waals surface area contributed by atoms with E-state index in [1.165, 1.54) is 24.4 Å². The molecule has 1 aromatic heterocycles. The summed E-state index contributed by atoms with van der Waals surface area (Å²) in [7, 11) is 0. The number of amides is 2. The topological polar surface area (TPSA) is 97.4 Å². The summed E-state index contributed by atoms with van der Waals surface area (Å²) in [5.41, 5.74) is 0.567. The number of benzene rings is 1. The molecule has 0 aliphatic carbocycles. The van der Waals surface area contributed by atoms with E-state index >= 15 is 0 Å². The van der Waals surface area contributed by atoms with Gasteiger partial charge in [-0.05, 0) is 30.7 Å². The van der Waals surface area contributed by atoms with Crippen LogP contribution in [-0.4, -0.2) is 29.4 Å². The number of unbranched alkanes of at least 4 members (excludes halogenated alkanes) is 1. The largest absolute Gasteiger partial charge is 0.462 e. The average molecular weight is 376 g/mol. The van der Waals surface area contributed by atoms with E-state index in [4.69, 9.17) is 16.3 Å². The Balaban J connectivity index is 2.05. The van der Waals surface area contributed by atoms with Crippen molar-refractivity contribution in [1.82, 2.24) is 4.98 Å². The maximum atomic E-state index is 12.1. The van der Waals surface area contributed by atoms with Crippen molar-refractivity contribution in [3.8, 4) is 0 Å². The number of hydrogen-bond donors (Lipinski definition) is 2. The van der Waals surface area contributed by atoms with Crippen LogP contribution in [0.5, 0.6) is 0 Å². The molecule has 2 amide bonds. The number of anilines is 2. The summed E-state index contributed by atoms with van der Waals surface area (Å²) >= 11 is 5.84. The zero-order valence-electron chi connectivity index (χ0n) is 14.1. The average Bonchev–Trinajstić information content (AvgIpc) is 2.64. The fourth-order valence-electron chi connectivity index (χ4n) is 1.99. The number of esters is 1. The van der Waals surface area contributed by atoms with Gasteiger partial charge in [0, 0.05) is 6.20 Å². The number of ether oxygens (including phenoxy) is 1. The first-order chi connectivity index (χ1) is 12.5. The van der Waals surface area contributed by atoms with Gasteiger partial charge in [0.15, 0.2) is 5.15 Å². The molecule has 26 heavy (non-hydrogen) atoms. The van der Waals surface area contributed by atoms with Crippen molar-refractivity contribution in [3.05, 3.63) is 53.3 Å². The Morgan fingerprint density at radius 1 is 1.04 bits per heavy atom. The highest BCUT2D eigenvalue weighted by atomic mass is 35.5. The van der Waals surface area contributed by atoms with Gasteiger partial charge in [0.2, 0.25) is 0 Å². The molecule has 2 N–H and O–H groups in total. The van der Waals surface area contributed by atoms with Crippen molar-refractivity contribution < 1.29 is 19.1 Å². The van der Waals surface area contributed by atoms with E-state index in [0.29, 0.717) is 0 Å². The van der Waals surface area contributed by atoms with Crippen LogP contribution in [0.15, 0.2) is 42.6 Å². The standard InChI is InChI=1S/C18H18ClN3O4/c1-2-3-11-26-18(25)12-7-4-5-8-13(12)21-16(23)17(24)22-14-9-6-10-20-15(14)19/h4-10H,2-3,11H2,1H3,(H,21,23)(H,22,24). The molecule has 0 bridgehead atoms. The smallest absolute Gasteiger partial charge is 0.340 e. The molecular formula is C18H18ClN3O4. The van der Waals surface area contributed by atoms with Crippen LogP contribution >= 0.6 is 11.6 Å². The van der Waals surface area contributed by atoms with E-state index in [2.05, 4.69) is 15.6 Å². The lowest BCUT2D eigenvalue weighted by Gasteiger charge is -2.11. The fourth-order valence-corrected chi connectivity index (χ4v) is 2.16. The van der Waals surface area contributed by atoms with E-state index in [9.17, 15) is 14.4 Å². The first kappa shape index (κ1) is 19.4. The highest BCUT2D eigenvalue weighted by molar-refractivity contribution is 6.44. The number of hydrogen-bond acceptors (Lipinski definition) is 5. The minimum absolute atomic E-state index is 0.0635. The summed E-state index contributed by atoms with van der Waals surface area (Å²) in [5, 5.41) is 4.83. The molecule has 0 radical (unpaired) electrons. The number of aromatic nitrogens is 1. The van der Waals surface area contributed by atoms with Crippen molar-refractivity contribution in [2.45, 2.75) is 19.8 Å². The molecule has 0 aliphatic rings. The maximum Gasteiger partial charge on any atom is 0.340 e. The minimum Gasteiger partial charge on any atom is -0.462 e. The molecule has 2 rings (SSSR count). The van der Waals surface area contributed by atoms with E-state index < -0.39 is 17.8 Å². The Bertz CT molecular complexity index is 811. The first-order valence-electron chi connectivity index (χ1n) is 8.02. The van der Waals surface area contributed by atoms with E-state index in [-0.39, 0.29) is 28.7 Å². The normalized spacial score (nSPS) is 10.1. The molecule has 0 saturated heterocycles. The molecular weight excluding hydrogens is 358 g/mol. The number of rotatable bonds is 6. The van der Waals surface area contributed by atoms with Gasteiger partial charge in [0.05, 0.1) is 23.5 Å². The van der Waals surface area contributed by atoms with E-state index in [0.717, 1.165) is 12.8 Å². The Morgan fingerprint density at radius 3 is 2.38 bits per heavy atom. The first-order valence-corrected chi connectivity index (χ1v) is 8.39. The zero-order valence-corrected chi connectivity index (χ0v) is 14.9. The van der Waals surface area contributed by atoms with Crippen LogP contribution in [0.1, 0.15) is 30.1 Å². The summed E-state index contributed by atoms with van der Waals surface area (Å²) in [6.45, 7) is 2.27. The number of halogens is 1. The van der Waals surface area contributed by atoms with Gasteiger partial charge in [0.25, 0.3) is 0 Å². The van der Waals surface area contributed by atoms with Crippen LogP contribution in [0.25, 0.3) is 0 Å². The monoisotopic (exact) mass is 375 g/mol. The highest BCUT2D eigenvalue weighted by Crippen LogP contribution is 2.19. The Kier molecular flexibility index (Phi) is 7.11. The van der Waals surface area contributed by atoms with Gasteiger partial charge >= 0.3 is 17.8 Å². The molecule has 8 heteroatoms. The second-order valence-corrected chi connectivity index (χ2v) is 5.64. The summed E-state index contributed by atoms with van der Waals surface area (Å²) in [6, 6.07) is 9.38. The summed E-state index contributed by atoms with van der Waals surface area (Å²) in [6.07, 6.45) is 3.09. The third kappa shape index (κ3) is 5.29. The molecule has 0 saturated carbocycles. The van der Waals surface area contributed by atoms with Crippen molar-refractivity contribution in [1.29, 1.82) is 0 Å². The van der Waals surface area contributed by atoms with Gasteiger partial charge in [-0.2, -0.15) is 0 Å². The van der Waals surface area contributed by atoms with Crippen molar-refractivity contribution in [2.24, 2.45) is 0 Å². The van der Waals surface area contributed by atoms with Crippen molar-refractivity contribution >= 4 is 40.8 Å². The third-order valence-electron chi connectivity index (χ3n) is 3.34. The molecule has 136 valence electrons. The lowest BCUT2D eigenvalue weighted by atomic mass is 10.1. The summed E-state index contributed by atoms with van der Waals surface area (Å²) < 4.78 is 5.15. The van der Waals surface area contributed by atoms with Gasteiger partial charge in [-0.15, -0.1) is 0 Å². The van der Waals surface area contributed by atoms with Crippen LogP contribution in [0.2, 0.25) is 5.15 Å². The molecule has 0 spiro atoms. The Hall–Kier alpha value is -2.93. The molecule has 0 unspecified atom stereocenters. The van der Waals surface area contributed by atoms with Crippen LogP contribution in [0.3, 0.4) is 0 Å². The predicted molar refractivity (Wildman–Crippen MR) is 98.1 cm³/mol. The Labute approximate surface area is 155 Å². The molecule has 2 aromatic rings. The van der Waals surface area contributed by atoms with Crippen LogP contribution in [0.4, 0.5) is 11.4 Å². The van der Waals surface area contributed by atoms with Crippen LogP contribution < -0.4 is 10.6 Å². The molecule has 0 fully saturated rings. The van der Waals surface area contributed by atoms with Crippen molar-refractivity contribution in [3.63, 3.8) is 0 Å². The summed E-state index contributed by atoms with van der Waals surface area (Å²) in [5.74, 6) is -2.45. The second-order valence-electron chi connectivity index (χ2n) is 5.29. The predicted octanol–water partition coefficient (Wildman–Crippen LogP) is 3.27. The molecule has 1 heterocycles. The van der Waals surface area contributed by atoms with Gasteiger partial charge in [-0.3, -0.25) is 9.59 Å². The van der Waals surface area contributed by atoms with Crippen LogP contribution in [-0.2, 0) is 14.3 Å². The molecule has 0 aliphatic heterocycles. The number of nitrogens with one attached hydrogen (secondary N) is 2. The summed E-state index contributed by atoms with van der Waals surface area (Å²) in [4.78, 5) is 40.1. The number of carbonyl (C=O) groups excluding carboxylic acids is 3. The molecule has 7 nitrogen and oxygen atoms in total. The minimum atomic E-state index is -0.946. The second kappa shape index (κ2) is 9.53. The fraction of sp³-hybridized carbons (Fsp3) is 0.222. The third-order valence-corrected chi connectivity index (χ3v) is 3.64. The van der Waals surface area contributed by atoms with E-state index in [1.54, 1.807) is 18.2 Å². The van der Waals surface area contributed by atoms with Gasteiger partial charge in [-0.25, -0.2) is 9.78 Å². The quantitative estimate of drug-likeness (QED) is 0.349. The number of pyridine rings is 1.